The molecule has 2 rings (SSSR count). The van der Waals surface area contributed by atoms with Gasteiger partial charge < -0.3 is 9.80 Å². The van der Waals surface area contributed by atoms with E-state index in [0.717, 1.165) is 11.8 Å². The molecule has 0 saturated carbocycles. The summed E-state index contributed by atoms with van der Waals surface area (Å²) in [6.07, 6.45) is 7.04. The topological polar surface area (TPSA) is 6.48 Å². The molecule has 0 N–H and O–H groups in total. The van der Waals surface area contributed by atoms with Crippen molar-refractivity contribution >= 4 is 0 Å². The highest BCUT2D eigenvalue weighted by molar-refractivity contribution is 4.77. The first-order valence-corrected chi connectivity index (χ1v) is 7.72. The molecular formula is C15H30N2. The Kier molecular flexibility index (Phi) is 5.30. The molecule has 2 heterocycles. The van der Waals surface area contributed by atoms with Crippen molar-refractivity contribution in [2.45, 2.75) is 46.0 Å². The molecule has 0 atom stereocenters. The SMILES string of the molecule is CCCN1CCC(CN2CCC(C)CC2)CC1. The predicted molar refractivity (Wildman–Crippen MR) is 74.3 cm³/mol. The van der Waals surface area contributed by atoms with Crippen molar-refractivity contribution in [3.05, 3.63) is 0 Å². The highest BCUT2D eigenvalue weighted by Gasteiger charge is 2.22. The van der Waals surface area contributed by atoms with Gasteiger partial charge >= 0.3 is 0 Å². The average molecular weight is 238 g/mol. The summed E-state index contributed by atoms with van der Waals surface area (Å²) in [5.74, 6) is 1.95. The zero-order valence-electron chi connectivity index (χ0n) is 11.8. The average Bonchev–Trinajstić information content (AvgIpc) is 2.35. The van der Waals surface area contributed by atoms with Gasteiger partial charge in [-0.2, -0.15) is 0 Å². The molecule has 2 nitrogen and oxygen atoms in total. The fourth-order valence-corrected chi connectivity index (χ4v) is 3.32. The third-order valence-corrected chi connectivity index (χ3v) is 4.64. The Morgan fingerprint density at radius 2 is 1.47 bits per heavy atom. The van der Waals surface area contributed by atoms with Gasteiger partial charge in [0.1, 0.15) is 0 Å². The van der Waals surface area contributed by atoms with E-state index < -0.39 is 0 Å². The van der Waals surface area contributed by atoms with E-state index in [2.05, 4.69) is 23.6 Å². The van der Waals surface area contributed by atoms with Crippen molar-refractivity contribution in [1.29, 1.82) is 0 Å². The lowest BCUT2D eigenvalue weighted by Gasteiger charge is -2.37. The van der Waals surface area contributed by atoms with E-state index in [-0.39, 0.29) is 0 Å². The largest absolute Gasteiger partial charge is 0.303 e. The summed E-state index contributed by atoms with van der Waals surface area (Å²) in [6.45, 7) is 12.8. The van der Waals surface area contributed by atoms with E-state index in [1.165, 1.54) is 71.4 Å². The summed E-state index contributed by atoms with van der Waals surface area (Å²) in [7, 11) is 0. The van der Waals surface area contributed by atoms with Gasteiger partial charge in [-0.25, -0.2) is 0 Å². The van der Waals surface area contributed by atoms with Crippen LogP contribution in [0.25, 0.3) is 0 Å². The second kappa shape index (κ2) is 6.75. The molecule has 0 aliphatic carbocycles. The van der Waals surface area contributed by atoms with E-state index in [9.17, 15) is 0 Å². The normalized spacial score (nSPS) is 26.5. The molecule has 2 fully saturated rings. The molecule has 0 unspecified atom stereocenters. The van der Waals surface area contributed by atoms with Gasteiger partial charge in [-0.15, -0.1) is 0 Å². The molecule has 2 aliphatic heterocycles. The molecule has 17 heavy (non-hydrogen) atoms. The molecule has 2 saturated heterocycles. The third-order valence-electron chi connectivity index (χ3n) is 4.64. The van der Waals surface area contributed by atoms with Gasteiger partial charge in [0.25, 0.3) is 0 Å². The minimum absolute atomic E-state index is 0.970. The van der Waals surface area contributed by atoms with Gasteiger partial charge in [-0.3, -0.25) is 0 Å². The Morgan fingerprint density at radius 1 is 0.882 bits per heavy atom. The van der Waals surface area contributed by atoms with Crippen LogP contribution in [0, 0.1) is 11.8 Å². The zero-order chi connectivity index (χ0) is 12.1. The van der Waals surface area contributed by atoms with Gasteiger partial charge in [-0.1, -0.05) is 13.8 Å². The minimum atomic E-state index is 0.970. The molecule has 0 spiro atoms. The molecule has 0 radical (unpaired) electrons. The number of nitrogens with zero attached hydrogens (tertiary/aromatic N) is 2. The highest BCUT2D eigenvalue weighted by Crippen LogP contribution is 2.22. The van der Waals surface area contributed by atoms with Crippen LogP contribution in [0.4, 0.5) is 0 Å². The van der Waals surface area contributed by atoms with Crippen molar-refractivity contribution in [2.75, 3.05) is 39.3 Å². The first-order chi connectivity index (χ1) is 8.28. The lowest BCUT2D eigenvalue weighted by molar-refractivity contribution is 0.120. The predicted octanol–water partition coefficient (Wildman–Crippen LogP) is 2.84. The Hall–Kier alpha value is -0.0800. The van der Waals surface area contributed by atoms with Crippen molar-refractivity contribution in [1.82, 2.24) is 9.80 Å². The van der Waals surface area contributed by atoms with Crippen LogP contribution in [0.1, 0.15) is 46.0 Å². The van der Waals surface area contributed by atoms with E-state index in [4.69, 9.17) is 0 Å². The van der Waals surface area contributed by atoms with Crippen molar-refractivity contribution in [3.63, 3.8) is 0 Å². The van der Waals surface area contributed by atoms with Crippen LogP contribution < -0.4 is 0 Å². The van der Waals surface area contributed by atoms with Gasteiger partial charge in [0.2, 0.25) is 0 Å². The monoisotopic (exact) mass is 238 g/mol. The molecule has 0 aromatic rings. The second-order valence-electron chi connectivity index (χ2n) is 6.27. The maximum absolute atomic E-state index is 2.72. The standard InChI is InChI=1S/C15H30N2/c1-3-8-16-11-6-15(7-12-16)13-17-9-4-14(2)5-10-17/h14-15H,3-13H2,1-2H3. The van der Waals surface area contributed by atoms with Crippen molar-refractivity contribution < 1.29 is 0 Å². The molecule has 0 aromatic carbocycles. The number of likely N-dealkylation sites (tertiary alicyclic amines) is 2. The van der Waals surface area contributed by atoms with Crippen LogP contribution in [-0.2, 0) is 0 Å². The Bertz CT molecular complexity index is 201. The third kappa shape index (κ3) is 4.26. The molecule has 2 heteroatoms. The summed E-state index contributed by atoms with van der Waals surface area (Å²) in [5.41, 5.74) is 0. The maximum atomic E-state index is 2.72. The van der Waals surface area contributed by atoms with Crippen LogP contribution >= 0.6 is 0 Å². The molecular weight excluding hydrogens is 208 g/mol. The zero-order valence-corrected chi connectivity index (χ0v) is 11.8. The Labute approximate surface area is 107 Å². The summed E-state index contributed by atoms with van der Waals surface area (Å²) in [6, 6.07) is 0. The summed E-state index contributed by atoms with van der Waals surface area (Å²) >= 11 is 0. The Balaban J connectivity index is 1.64. The van der Waals surface area contributed by atoms with Crippen LogP contribution in [-0.4, -0.2) is 49.1 Å². The van der Waals surface area contributed by atoms with E-state index >= 15 is 0 Å². The van der Waals surface area contributed by atoms with Crippen LogP contribution in [0.15, 0.2) is 0 Å². The van der Waals surface area contributed by atoms with Crippen LogP contribution in [0.3, 0.4) is 0 Å². The lowest BCUT2D eigenvalue weighted by atomic mass is 9.93. The number of hydrogen-bond donors (Lipinski definition) is 0. The lowest BCUT2D eigenvalue weighted by Crippen LogP contribution is -2.41. The van der Waals surface area contributed by atoms with Gasteiger partial charge in [-0.05, 0) is 76.7 Å². The quantitative estimate of drug-likeness (QED) is 0.743. The number of hydrogen-bond acceptors (Lipinski definition) is 2. The van der Waals surface area contributed by atoms with Gasteiger partial charge in [0.05, 0.1) is 0 Å². The van der Waals surface area contributed by atoms with E-state index in [1.54, 1.807) is 0 Å². The molecule has 0 bridgehead atoms. The molecule has 0 amide bonds. The molecule has 0 aromatic heterocycles. The van der Waals surface area contributed by atoms with Gasteiger partial charge in [0, 0.05) is 6.54 Å². The minimum Gasteiger partial charge on any atom is -0.303 e. The maximum Gasteiger partial charge on any atom is 0.00106 e. The highest BCUT2D eigenvalue weighted by atomic mass is 15.1. The van der Waals surface area contributed by atoms with Crippen molar-refractivity contribution in [2.24, 2.45) is 11.8 Å². The summed E-state index contributed by atoms with van der Waals surface area (Å²) in [4.78, 5) is 5.37. The first-order valence-electron chi connectivity index (χ1n) is 7.72. The summed E-state index contributed by atoms with van der Waals surface area (Å²) in [5, 5.41) is 0. The fourth-order valence-electron chi connectivity index (χ4n) is 3.32. The Morgan fingerprint density at radius 3 is 2.06 bits per heavy atom. The molecule has 2 aliphatic rings. The summed E-state index contributed by atoms with van der Waals surface area (Å²) < 4.78 is 0. The fraction of sp³-hybridized carbons (Fsp3) is 1.00. The van der Waals surface area contributed by atoms with Gasteiger partial charge in [0.15, 0.2) is 0 Å². The van der Waals surface area contributed by atoms with E-state index in [0.29, 0.717) is 0 Å². The number of rotatable bonds is 4. The smallest absolute Gasteiger partial charge is 0.00106 e. The van der Waals surface area contributed by atoms with Crippen molar-refractivity contribution in [3.8, 4) is 0 Å². The first kappa shape index (κ1) is 13.4. The van der Waals surface area contributed by atoms with Crippen LogP contribution in [0.5, 0.6) is 0 Å². The van der Waals surface area contributed by atoms with E-state index in [1.807, 2.05) is 0 Å². The number of piperidine rings is 2. The van der Waals surface area contributed by atoms with Crippen LogP contribution in [0.2, 0.25) is 0 Å². The molecule has 100 valence electrons. The second-order valence-corrected chi connectivity index (χ2v) is 6.27.